The molecule has 0 aliphatic heterocycles. The Hall–Kier alpha value is 0.190. The molecule has 0 amide bonds. The molecule has 0 aromatic carbocycles. The topological polar surface area (TPSA) is 151 Å². The summed E-state index contributed by atoms with van der Waals surface area (Å²) in [5.41, 5.74) is 0. The number of hydrogen-bond acceptors (Lipinski definition) is 5. The Kier molecular flexibility index (Phi) is 5.08. The number of allylic oxidation sites excluding steroid dienone is 1. The monoisotopic (exact) mass is 282 g/mol. The predicted molar refractivity (Wildman–Crippen MR) is 48.9 cm³/mol. The van der Waals surface area contributed by atoms with Crippen molar-refractivity contribution in [3.63, 3.8) is 0 Å². The molecule has 2 unspecified atom stereocenters. The van der Waals surface area contributed by atoms with Crippen LogP contribution in [-0.4, -0.2) is 25.7 Å². The minimum Gasteiger partial charge on any atom is -0.324 e. The highest BCUT2D eigenvalue weighted by Gasteiger charge is 2.38. The van der Waals surface area contributed by atoms with Crippen molar-refractivity contribution < 1.29 is 41.9 Å². The molecule has 0 radical (unpaired) electrons. The molecule has 15 heavy (non-hydrogen) atoms. The van der Waals surface area contributed by atoms with E-state index in [2.05, 4.69) is 15.2 Å². The van der Waals surface area contributed by atoms with Gasteiger partial charge in [0.2, 0.25) is 0 Å². The molecule has 2 atom stereocenters. The van der Waals surface area contributed by atoms with Gasteiger partial charge >= 0.3 is 23.2 Å². The third kappa shape index (κ3) is 8.04. The van der Waals surface area contributed by atoms with Crippen LogP contribution in [0, 0.1) is 0 Å². The van der Waals surface area contributed by atoms with Gasteiger partial charge in [0.25, 0.3) is 0 Å². The highest BCUT2D eigenvalue weighted by Crippen LogP contribution is 2.65. The Labute approximate surface area is 84.7 Å². The van der Waals surface area contributed by atoms with Gasteiger partial charge < -0.3 is 19.6 Å². The summed E-state index contributed by atoms with van der Waals surface area (Å²) in [7, 11) is -15.1. The number of rotatable bonds is 6. The van der Waals surface area contributed by atoms with Crippen molar-refractivity contribution in [3.8, 4) is 0 Å². The first kappa shape index (κ1) is 15.2. The summed E-state index contributed by atoms with van der Waals surface area (Å²) in [4.78, 5) is 33.8. The molecule has 0 rings (SSSR count). The van der Waals surface area contributed by atoms with Gasteiger partial charge in [0.1, 0.15) is 0 Å². The van der Waals surface area contributed by atoms with Crippen LogP contribution in [0.3, 0.4) is 0 Å². The fourth-order valence-corrected chi connectivity index (χ4v) is 3.85. The van der Waals surface area contributed by atoms with Crippen LogP contribution in [0.4, 0.5) is 0 Å². The van der Waals surface area contributed by atoms with Crippen molar-refractivity contribution in [1.82, 2.24) is 0 Å². The molecule has 0 saturated carbocycles. The lowest BCUT2D eigenvalue weighted by molar-refractivity contribution is 0.223. The first-order chi connectivity index (χ1) is 6.47. The second-order valence-electron chi connectivity index (χ2n) is 2.23. The van der Waals surface area contributed by atoms with E-state index in [-0.39, 0.29) is 0 Å². The largest absolute Gasteiger partial charge is 0.488 e. The molecule has 0 heterocycles. The number of hydrogen-bond donors (Lipinski definition) is 4. The Bertz CT molecular complexity index is 367. The zero-order chi connectivity index (χ0) is 12.3. The van der Waals surface area contributed by atoms with Crippen LogP contribution in [0.5, 0.6) is 0 Å². The summed E-state index contributed by atoms with van der Waals surface area (Å²) < 4.78 is 38.8. The Morgan fingerprint density at radius 2 is 1.53 bits per heavy atom. The molecule has 0 aliphatic carbocycles. The molecular weight excluding hydrogens is 273 g/mol. The molecule has 0 aliphatic rings. The zero-order valence-corrected chi connectivity index (χ0v) is 9.85. The van der Waals surface area contributed by atoms with Gasteiger partial charge in [-0.05, 0) is 0 Å². The van der Waals surface area contributed by atoms with Crippen LogP contribution in [0.15, 0.2) is 12.7 Å². The molecule has 0 fully saturated rings. The Balaban J connectivity index is 4.65. The maximum absolute atomic E-state index is 10.9. The van der Waals surface area contributed by atoms with Gasteiger partial charge in [-0.3, -0.25) is 4.57 Å². The van der Waals surface area contributed by atoms with E-state index in [0.717, 1.165) is 6.08 Å². The molecule has 4 N–H and O–H groups in total. The smallest absolute Gasteiger partial charge is 0.324 e. The molecule has 0 bridgehead atoms. The van der Waals surface area contributed by atoms with Crippen molar-refractivity contribution in [2.24, 2.45) is 0 Å². The van der Waals surface area contributed by atoms with E-state index in [4.69, 9.17) is 19.6 Å². The van der Waals surface area contributed by atoms with Gasteiger partial charge in [-0.1, -0.05) is 6.08 Å². The van der Waals surface area contributed by atoms with Gasteiger partial charge in [-0.15, -0.1) is 6.58 Å². The van der Waals surface area contributed by atoms with E-state index in [1.165, 1.54) is 0 Å². The molecule has 90 valence electrons. The summed E-state index contributed by atoms with van der Waals surface area (Å²) in [6.07, 6.45) is 0.264. The van der Waals surface area contributed by atoms with E-state index < -0.39 is 29.4 Å². The van der Waals surface area contributed by atoms with Crippen LogP contribution < -0.4 is 0 Å². The van der Waals surface area contributed by atoms with E-state index in [0.29, 0.717) is 0 Å². The summed E-state index contributed by atoms with van der Waals surface area (Å²) >= 11 is 0. The maximum atomic E-state index is 10.9. The highest BCUT2D eigenvalue weighted by atomic mass is 31.3. The third-order valence-corrected chi connectivity index (χ3v) is 5.04. The molecule has 9 nitrogen and oxygen atoms in total. The lowest BCUT2D eigenvalue weighted by Crippen LogP contribution is -1.94. The van der Waals surface area contributed by atoms with E-state index in [1.807, 2.05) is 0 Å². The van der Waals surface area contributed by atoms with Gasteiger partial charge in [0.05, 0.1) is 6.16 Å². The van der Waals surface area contributed by atoms with E-state index in [9.17, 15) is 13.7 Å². The average molecular weight is 282 g/mol. The van der Waals surface area contributed by atoms with Gasteiger partial charge in [0, 0.05) is 0 Å². The van der Waals surface area contributed by atoms with Crippen LogP contribution in [0.1, 0.15) is 0 Å². The van der Waals surface area contributed by atoms with Crippen molar-refractivity contribution in [3.05, 3.63) is 12.7 Å². The summed E-state index contributed by atoms with van der Waals surface area (Å²) in [6, 6.07) is 0. The average Bonchev–Trinajstić information content (AvgIpc) is 1.74. The molecule has 0 spiro atoms. The fraction of sp³-hybridized carbons (Fsp3) is 0.333. The third-order valence-electron chi connectivity index (χ3n) is 0.800. The van der Waals surface area contributed by atoms with E-state index >= 15 is 0 Å². The minimum absolute atomic E-state index is 0.665. The standard InChI is InChI=1S/C3H9O9P3/c1-2-3-13(4,5)11-15(9,10)12-14(6,7)8/h2H,1,3H2,(H,4,5)(H,9,10)(H2,6,7,8). The fourth-order valence-electron chi connectivity index (χ4n) is 0.507. The molecule has 0 saturated heterocycles. The lowest BCUT2D eigenvalue weighted by atomic mass is 10.8. The number of phosphoric acid groups is 2. The van der Waals surface area contributed by atoms with Gasteiger partial charge in [-0.2, -0.15) is 4.31 Å². The SMILES string of the molecule is C=CCP(=O)(O)OP(=O)(O)OP(=O)(O)O. The van der Waals surface area contributed by atoms with Crippen molar-refractivity contribution in [2.75, 3.05) is 6.16 Å². The van der Waals surface area contributed by atoms with Gasteiger partial charge in [0.15, 0.2) is 0 Å². The zero-order valence-electron chi connectivity index (χ0n) is 7.16. The van der Waals surface area contributed by atoms with E-state index in [1.54, 1.807) is 0 Å². The molecule has 0 aromatic heterocycles. The van der Waals surface area contributed by atoms with Gasteiger partial charge in [-0.25, -0.2) is 13.4 Å². The first-order valence-electron chi connectivity index (χ1n) is 3.21. The molecule has 12 heteroatoms. The maximum Gasteiger partial charge on any atom is 0.488 e. The summed E-state index contributed by atoms with van der Waals surface area (Å²) in [5.74, 6) is 0. The minimum atomic E-state index is -5.29. The lowest BCUT2D eigenvalue weighted by Gasteiger charge is -2.15. The summed E-state index contributed by atoms with van der Waals surface area (Å²) in [6.45, 7) is 3.07. The molecular formula is C3H9O9P3. The first-order valence-corrected chi connectivity index (χ1v) is 8.00. The predicted octanol–water partition coefficient (Wildman–Crippen LogP) is 0.584. The Morgan fingerprint density at radius 3 is 1.87 bits per heavy atom. The van der Waals surface area contributed by atoms with Crippen LogP contribution in [0.2, 0.25) is 0 Å². The van der Waals surface area contributed by atoms with Crippen molar-refractivity contribution >= 4 is 23.2 Å². The second-order valence-corrected chi connectivity index (χ2v) is 7.10. The van der Waals surface area contributed by atoms with Crippen molar-refractivity contribution in [1.29, 1.82) is 0 Å². The Morgan fingerprint density at radius 1 is 1.07 bits per heavy atom. The van der Waals surface area contributed by atoms with Crippen molar-refractivity contribution in [2.45, 2.75) is 0 Å². The second kappa shape index (κ2) is 5.01. The summed E-state index contributed by atoms with van der Waals surface area (Å²) in [5, 5.41) is 0. The quantitative estimate of drug-likeness (QED) is 0.405. The van der Waals surface area contributed by atoms with Crippen LogP contribution in [-0.2, 0) is 22.3 Å². The highest BCUT2D eigenvalue weighted by molar-refractivity contribution is 7.68. The molecule has 0 aromatic rings. The normalized spacial score (nSPS) is 20.3. The van der Waals surface area contributed by atoms with Crippen LogP contribution in [0.25, 0.3) is 0 Å². The van der Waals surface area contributed by atoms with Crippen LogP contribution >= 0.6 is 23.2 Å².